The third-order valence-electron chi connectivity index (χ3n) is 3.00. The lowest BCUT2D eigenvalue weighted by molar-refractivity contribution is -0.384. The molecule has 2 N–H and O–H groups in total. The van der Waals surface area contributed by atoms with Gasteiger partial charge in [-0.25, -0.2) is 9.78 Å². The maximum absolute atomic E-state index is 10.8. The number of hydrogen-bond acceptors (Lipinski definition) is 5. The Morgan fingerprint density at radius 3 is 2.72 bits per heavy atom. The molecule has 96 valence electrons. The smallest absolute Gasteiger partial charge is 0.354 e. The van der Waals surface area contributed by atoms with Crippen molar-refractivity contribution in [3.05, 3.63) is 27.9 Å². The fourth-order valence-electron chi connectivity index (χ4n) is 2.04. The van der Waals surface area contributed by atoms with Crippen molar-refractivity contribution in [2.75, 3.05) is 5.32 Å². The summed E-state index contributed by atoms with van der Waals surface area (Å²) in [6.45, 7) is 2.09. The van der Waals surface area contributed by atoms with Gasteiger partial charge in [0.2, 0.25) is 5.82 Å². The molecule has 0 atom stereocenters. The number of aromatic carboxylic acids is 1. The summed E-state index contributed by atoms with van der Waals surface area (Å²) in [4.78, 5) is 24.9. The first kappa shape index (κ1) is 12.3. The molecule has 0 aromatic carbocycles. The second-order valence-corrected chi connectivity index (χ2v) is 4.54. The second kappa shape index (κ2) is 4.59. The van der Waals surface area contributed by atoms with Gasteiger partial charge < -0.3 is 10.4 Å². The van der Waals surface area contributed by atoms with Gasteiger partial charge in [-0.1, -0.05) is 6.92 Å². The van der Waals surface area contributed by atoms with E-state index in [4.69, 9.17) is 5.11 Å². The first-order valence-corrected chi connectivity index (χ1v) is 5.62. The van der Waals surface area contributed by atoms with Crippen LogP contribution in [0.3, 0.4) is 0 Å². The van der Waals surface area contributed by atoms with Gasteiger partial charge >= 0.3 is 11.7 Å². The van der Waals surface area contributed by atoms with Crippen LogP contribution in [0.5, 0.6) is 0 Å². The van der Waals surface area contributed by atoms with Crippen molar-refractivity contribution in [3.8, 4) is 0 Å². The molecular weight excluding hydrogens is 238 g/mol. The minimum atomic E-state index is -1.20. The van der Waals surface area contributed by atoms with E-state index >= 15 is 0 Å². The molecule has 0 radical (unpaired) electrons. The number of anilines is 1. The molecule has 2 rings (SSSR count). The summed E-state index contributed by atoms with van der Waals surface area (Å²) in [6.07, 6.45) is 1.83. The highest BCUT2D eigenvalue weighted by atomic mass is 16.6. The molecule has 0 spiro atoms. The fourth-order valence-corrected chi connectivity index (χ4v) is 2.04. The highest BCUT2D eigenvalue weighted by Crippen LogP contribution is 2.31. The van der Waals surface area contributed by atoms with Gasteiger partial charge in [0.1, 0.15) is 0 Å². The summed E-state index contributed by atoms with van der Waals surface area (Å²) < 4.78 is 0. The van der Waals surface area contributed by atoms with Crippen molar-refractivity contribution in [1.82, 2.24) is 4.98 Å². The Kier molecular flexibility index (Phi) is 3.14. The molecule has 0 bridgehead atoms. The van der Waals surface area contributed by atoms with Crippen molar-refractivity contribution in [1.29, 1.82) is 0 Å². The third-order valence-corrected chi connectivity index (χ3v) is 3.00. The average molecular weight is 251 g/mol. The maximum Gasteiger partial charge on any atom is 0.354 e. The van der Waals surface area contributed by atoms with Gasteiger partial charge in [0, 0.05) is 12.1 Å². The molecular formula is C11H13N3O4. The highest BCUT2D eigenvalue weighted by Gasteiger charge is 2.28. The van der Waals surface area contributed by atoms with Crippen LogP contribution in [-0.4, -0.2) is 27.0 Å². The SMILES string of the molecule is CC1CC(Nc2nc(C(=O)O)ccc2[N+](=O)[O-])C1. The van der Waals surface area contributed by atoms with E-state index in [0.717, 1.165) is 18.9 Å². The topological polar surface area (TPSA) is 105 Å². The predicted octanol–water partition coefficient (Wildman–Crippen LogP) is 1.90. The maximum atomic E-state index is 10.8. The van der Waals surface area contributed by atoms with E-state index in [2.05, 4.69) is 17.2 Å². The van der Waals surface area contributed by atoms with Crippen molar-refractivity contribution in [3.63, 3.8) is 0 Å². The van der Waals surface area contributed by atoms with Gasteiger partial charge in [-0.15, -0.1) is 0 Å². The number of carboxylic acids is 1. The monoisotopic (exact) mass is 251 g/mol. The molecule has 1 heterocycles. The van der Waals surface area contributed by atoms with Crippen LogP contribution in [0.4, 0.5) is 11.5 Å². The number of carboxylic acid groups (broad SMARTS) is 1. The molecule has 1 aromatic rings. The minimum absolute atomic E-state index is 0.0387. The summed E-state index contributed by atoms with van der Waals surface area (Å²) in [6, 6.07) is 2.44. The van der Waals surface area contributed by atoms with Gasteiger partial charge in [0.15, 0.2) is 5.69 Å². The van der Waals surface area contributed by atoms with Crippen molar-refractivity contribution >= 4 is 17.5 Å². The molecule has 0 saturated heterocycles. The predicted molar refractivity (Wildman–Crippen MR) is 63.7 cm³/mol. The van der Waals surface area contributed by atoms with Crippen LogP contribution >= 0.6 is 0 Å². The molecule has 0 amide bonds. The molecule has 1 aliphatic rings. The fraction of sp³-hybridized carbons (Fsp3) is 0.455. The van der Waals surface area contributed by atoms with Gasteiger partial charge in [-0.05, 0) is 24.8 Å². The number of pyridine rings is 1. The van der Waals surface area contributed by atoms with Crippen LogP contribution in [0.15, 0.2) is 12.1 Å². The number of nitro groups is 1. The van der Waals surface area contributed by atoms with E-state index in [9.17, 15) is 14.9 Å². The van der Waals surface area contributed by atoms with Crippen molar-refractivity contribution < 1.29 is 14.8 Å². The van der Waals surface area contributed by atoms with Crippen LogP contribution in [0.25, 0.3) is 0 Å². The normalized spacial score (nSPS) is 22.1. The van der Waals surface area contributed by atoms with Crippen molar-refractivity contribution in [2.45, 2.75) is 25.8 Å². The number of rotatable bonds is 4. The quantitative estimate of drug-likeness (QED) is 0.625. The van der Waals surface area contributed by atoms with Gasteiger partial charge in [-0.2, -0.15) is 0 Å². The number of aromatic nitrogens is 1. The Morgan fingerprint density at radius 2 is 2.22 bits per heavy atom. The van der Waals surface area contributed by atoms with E-state index in [1.54, 1.807) is 0 Å². The van der Waals surface area contributed by atoms with E-state index in [0.29, 0.717) is 5.92 Å². The van der Waals surface area contributed by atoms with Gasteiger partial charge in [0.05, 0.1) is 4.92 Å². The first-order valence-electron chi connectivity index (χ1n) is 5.62. The zero-order valence-electron chi connectivity index (χ0n) is 9.79. The van der Waals surface area contributed by atoms with Crippen LogP contribution in [0, 0.1) is 16.0 Å². The Morgan fingerprint density at radius 1 is 1.56 bits per heavy atom. The Hall–Kier alpha value is -2.18. The third kappa shape index (κ3) is 2.39. The number of nitrogens with zero attached hydrogens (tertiary/aromatic N) is 2. The minimum Gasteiger partial charge on any atom is -0.477 e. The largest absolute Gasteiger partial charge is 0.477 e. The van der Waals surface area contributed by atoms with Crippen LogP contribution in [0.2, 0.25) is 0 Å². The van der Waals surface area contributed by atoms with E-state index in [1.807, 2.05) is 0 Å². The molecule has 1 aliphatic carbocycles. The molecule has 7 nitrogen and oxygen atoms in total. The molecule has 1 saturated carbocycles. The molecule has 1 aromatic heterocycles. The average Bonchev–Trinajstić information content (AvgIpc) is 2.26. The molecule has 18 heavy (non-hydrogen) atoms. The van der Waals surface area contributed by atoms with Crippen LogP contribution in [0.1, 0.15) is 30.3 Å². The Bertz CT molecular complexity index is 497. The zero-order chi connectivity index (χ0) is 13.3. The molecule has 0 unspecified atom stereocenters. The second-order valence-electron chi connectivity index (χ2n) is 4.54. The summed E-state index contributed by atoms with van der Waals surface area (Å²) in [5, 5.41) is 22.6. The standard InChI is InChI=1S/C11H13N3O4/c1-6-4-7(5-6)12-10-9(14(17)18)3-2-8(13-10)11(15)16/h2-3,6-7H,4-5H2,1H3,(H,12,13)(H,15,16). The number of nitrogens with one attached hydrogen (secondary N) is 1. The zero-order valence-corrected chi connectivity index (χ0v) is 9.79. The number of carbonyl (C=O) groups is 1. The van der Waals surface area contributed by atoms with E-state index in [1.165, 1.54) is 6.07 Å². The Balaban J connectivity index is 2.26. The first-order chi connectivity index (χ1) is 8.47. The van der Waals surface area contributed by atoms with E-state index < -0.39 is 10.9 Å². The lowest BCUT2D eigenvalue weighted by Crippen LogP contribution is -2.34. The van der Waals surface area contributed by atoms with Gasteiger partial charge in [0.25, 0.3) is 0 Å². The van der Waals surface area contributed by atoms with E-state index in [-0.39, 0.29) is 23.2 Å². The Labute approximate surface area is 103 Å². The molecule has 7 heteroatoms. The van der Waals surface area contributed by atoms with Crippen molar-refractivity contribution in [2.24, 2.45) is 5.92 Å². The highest BCUT2D eigenvalue weighted by molar-refractivity contribution is 5.86. The number of hydrogen-bond donors (Lipinski definition) is 2. The van der Waals surface area contributed by atoms with Gasteiger partial charge in [-0.3, -0.25) is 10.1 Å². The lowest BCUT2D eigenvalue weighted by atomic mass is 9.82. The lowest BCUT2D eigenvalue weighted by Gasteiger charge is -2.33. The van der Waals surface area contributed by atoms with Crippen LogP contribution in [-0.2, 0) is 0 Å². The summed E-state index contributed by atoms with van der Waals surface area (Å²) >= 11 is 0. The molecule has 0 aliphatic heterocycles. The van der Waals surface area contributed by atoms with Crippen LogP contribution < -0.4 is 5.32 Å². The summed E-state index contributed by atoms with van der Waals surface area (Å²) in [5.74, 6) is -0.573. The summed E-state index contributed by atoms with van der Waals surface area (Å²) in [7, 11) is 0. The molecule has 1 fully saturated rings. The summed E-state index contributed by atoms with van der Waals surface area (Å²) in [5.41, 5.74) is -0.393.